The molecule has 0 atom stereocenters. The summed E-state index contributed by atoms with van der Waals surface area (Å²) in [4.78, 5) is 15.1. The Morgan fingerprint density at radius 2 is 1.49 bits per heavy atom. The van der Waals surface area contributed by atoms with Crippen molar-refractivity contribution in [2.45, 2.75) is 51.1 Å². The van der Waals surface area contributed by atoms with Gasteiger partial charge >= 0.3 is 6.03 Å². The number of carbonyl (C=O) groups excluding carboxylic acids is 1. The molecule has 1 aliphatic carbocycles. The monoisotopic (exact) mass is 476 g/mol. The molecule has 1 N–H and O–H groups in total. The number of urea groups is 1. The summed E-state index contributed by atoms with van der Waals surface area (Å²) in [6, 6.07) is 18.8. The van der Waals surface area contributed by atoms with Crippen molar-refractivity contribution in [2.75, 3.05) is 5.32 Å². The number of fused-ring (bicyclic) bond motifs is 3. The predicted octanol–water partition coefficient (Wildman–Crippen LogP) is 8.17. The molecule has 0 bridgehead atoms. The minimum atomic E-state index is -1.13. The van der Waals surface area contributed by atoms with E-state index in [0.717, 1.165) is 65.6 Å². The molecule has 4 aromatic rings. The molecule has 0 saturated heterocycles. The van der Waals surface area contributed by atoms with Crippen molar-refractivity contribution >= 4 is 33.3 Å². The maximum absolute atomic E-state index is 14.3. The first-order valence-corrected chi connectivity index (χ1v) is 12.1. The Kier molecular flexibility index (Phi) is 6.62. The van der Waals surface area contributed by atoms with Crippen LogP contribution in [0.2, 0.25) is 0 Å². The van der Waals surface area contributed by atoms with E-state index in [-0.39, 0.29) is 6.04 Å². The van der Waals surface area contributed by atoms with Crippen LogP contribution in [0.5, 0.6) is 0 Å². The number of amides is 2. The fraction of sp³-hybridized carbons (Fsp3) is 0.276. The molecule has 4 aromatic carbocycles. The summed E-state index contributed by atoms with van der Waals surface area (Å²) in [7, 11) is 0. The van der Waals surface area contributed by atoms with Crippen LogP contribution < -0.4 is 5.32 Å². The number of anilines is 1. The predicted molar refractivity (Wildman–Crippen MR) is 134 cm³/mol. The Labute approximate surface area is 202 Å². The molecule has 0 radical (unpaired) electrons. The first kappa shape index (κ1) is 23.2. The van der Waals surface area contributed by atoms with Gasteiger partial charge in [0.25, 0.3) is 0 Å². The molecule has 180 valence electrons. The zero-order valence-electron chi connectivity index (χ0n) is 19.4. The van der Waals surface area contributed by atoms with Crippen LogP contribution in [-0.4, -0.2) is 17.0 Å². The molecule has 0 spiro atoms. The average molecular weight is 477 g/mol. The Hall–Kier alpha value is -3.54. The van der Waals surface area contributed by atoms with Gasteiger partial charge in [-0.05, 0) is 39.9 Å². The highest BCUT2D eigenvalue weighted by molar-refractivity contribution is 6.08. The number of hydrogen-bond acceptors (Lipinski definition) is 1. The molecular formula is C29H27F3N2O. The zero-order chi connectivity index (χ0) is 24.4. The molecular weight excluding hydrogens is 449 g/mol. The van der Waals surface area contributed by atoms with E-state index in [1.54, 1.807) is 4.90 Å². The lowest BCUT2D eigenvalue weighted by Crippen LogP contribution is -2.42. The maximum atomic E-state index is 14.3. The third kappa shape index (κ3) is 4.83. The van der Waals surface area contributed by atoms with Gasteiger partial charge in [0.2, 0.25) is 0 Å². The van der Waals surface area contributed by atoms with Gasteiger partial charge in [-0.25, -0.2) is 18.0 Å². The second-order valence-electron chi connectivity index (χ2n) is 9.25. The van der Waals surface area contributed by atoms with E-state index in [2.05, 4.69) is 35.6 Å². The second-order valence-corrected chi connectivity index (χ2v) is 9.25. The van der Waals surface area contributed by atoms with E-state index >= 15 is 0 Å². The van der Waals surface area contributed by atoms with Gasteiger partial charge < -0.3 is 10.2 Å². The van der Waals surface area contributed by atoms with Crippen molar-refractivity contribution in [1.82, 2.24) is 4.90 Å². The maximum Gasteiger partial charge on any atom is 0.322 e. The van der Waals surface area contributed by atoms with Gasteiger partial charge in [-0.15, -0.1) is 0 Å². The number of carbonyl (C=O) groups is 1. The molecule has 3 nitrogen and oxygen atoms in total. The van der Waals surface area contributed by atoms with Gasteiger partial charge in [0.05, 0.1) is 0 Å². The SMILES string of the molecule is O=C(Nc1c(F)cc(F)cc1F)N(Cc1cccc2c1ccc1ccccc12)C1CCCCCC1. The Balaban J connectivity index is 1.52. The quantitative estimate of drug-likeness (QED) is 0.234. The van der Waals surface area contributed by atoms with E-state index in [9.17, 15) is 18.0 Å². The van der Waals surface area contributed by atoms with E-state index < -0.39 is 29.2 Å². The average Bonchev–Trinajstić information content (AvgIpc) is 3.14. The molecule has 6 heteroatoms. The number of nitrogens with one attached hydrogen (secondary N) is 1. The summed E-state index contributed by atoms with van der Waals surface area (Å²) < 4.78 is 42.0. The number of nitrogens with zero attached hydrogens (tertiary/aromatic N) is 1. The second kappa shape index (κ2) is 9.98. The topological polar surface area (TPSA) is 32.3 Å². The van der Waals surface area contributed by atoms with E-state index in [0.29, 0.717) is 18.7 Å². The molecule has 1 fully saturated rings. The lowest BCUT2D eigenvalue weighted by atomic mass is 9.97. The van der Waals surface area contributed by atoms with Gasteiger partial charge in [0, 0.05) is 24.7 Å². The van der Waals surface area contributed by atoms with E-state index in [1.807, 2.05) is 24.3 Å². The standard InChI is InChI=1S/C29H27F3N2O/c30-21-16-26(31)28(27(32)17-21)33-29(35)34(22-10-3-1-2-4-11-22)18-20-9-7-13-25-23-12-6-5-8-19(23)14-15-24(20)25/h5-9,12-17,22H,1-4,10-11,18H2,(H,33,35). The highest BCUT2D eigenvalue weighted by atomic mass is 19.1. The minimum absolute atomic E-state index is 0.0558. The fourth-order valence-corrected chi connectivity index (χ4v) is 5.20. The van der Waals surface area contributed by atoms with Crippen molar-refractivity contribution in [3.8, 4) is 0 Å². The number of halogens is 3. The summed E-state index contributed by atoms with van der Waals surface area (Å²) in [6.45, 7) is 0.302. The van der Waals surface area contributed by atoms with Crippen LogP contribution in [0.25, 0.3) is 21.5 Å². The Morgan fingerprint density at radius 1 is 0.800 bits per heavy atom. The minimum Gasteiger partial charge on any atom is -0.317 e. The summed E-state index contributed by atoms with van der Waals surface area (Å²) in [5, 5.41) is 6.79. The van der Waals surface area contributed by atoms with Crippen molar-refractivity contribution in [2.24, 2.45) is 0 Å². The van der Waals surface area contributed by atoms with E-state index in [4.69, 9.17) is 0 Å². The fourth-order valence-electron chi connectivity index (χ4n) is 5.20. The lowest BCUT2D eigenvalue weighted by molar-refractivity contribution is 0.175. The van der Waals surface area contributed by atoms with Gasteiger partial charge in [0.1, 0.15) is 11.5 Å². The molecule has 1 aliphatic rings. The van der Waals surface area contributed by atoms with Crippen LogP contribution in [0.3, 0.4) is 0 Å². The van der Waals surface area contributed by atoms with Crippen LogP contribution in [-0.2, 0) is 6.54 Å². The van der Waals surface area contributed by atoms with Crippen LogP contribution in [0.1, 0.15) is 44.1 Å². The van der Waals surface area contributed by atoms with Crippen LogP contribution >= 0.6 is 0 Å². The molecule has 2 amide bonds. The van der Waals surface area contributed by atoms with Gasteiger partial charge in [-0.2, -0.15) is 0 Å². The highest BCUT2D eigenvalue weighted by Gasteiger charge is 2.27. The zero-order valence-corrected chi connectivity index (χ0v) is 19.4. The van der Waals surface area contributed by atoms with Gasteiger partial charge in [-0.3, -0.25) is 0 Å². The molecule has 5 rings (SSSR count). The summed E-state index contributed by atoms with van der Waals surface area (Å²) in [5.41, 5.74) is 0.339. The van der Waals surface area contributed by atoms with Crippen LogP contribution in [0, 0.1) is 17.5 Å². The van der Waals surface area contributed by atoms with Gasteiger partial charge in [0.15, 0.2) is 11.6 Å². The third-order valence-corrected chi connectivity index (χ3v) is 6.98. The third-order valence-electron chi connectivity index (χ3n) is 6.98. The normalized spacial score (nSPS) is 14.7. The smallest absolute Gasteiger partial charge is 0.317 e. The molecule has 1 saturated carbocycles. The summed E-state index contributed by atoms with van der Waals surface area (Å²) >= 11 is 0. The Bertz CT molecular complexity index is 1360. The van der Waals surface area contributed by atoms with E-state index in [1.165, 1.54) is 0 Å². The Morgan fingerprint density at radius 3 is 2.23 bits per heavy atom. The summed E-state index contributed by atoms with van der Waals surface area (Å²) in [6.07, 6.45) is 5.85. The summed E-state index contributed by atoms with van der Waals surface area (Å²) in [5.74, 6) is -3.29. The molecule has 0 aromatic heterocycles. The lowest BCUT2D eigenvalue weighted by Gasteiger charge is -2.32. The number of hydrogen-bond donors (Lipinski definition) is 1. The first-order valence-electron chi connectivity index (χ1n) is 12.1. The van der Waals surface area contributed by atoms with Gasteiger partial charge in [-0.1, -0.05) is 80.3 Å². The highest BCUT2D eigenvalue weighted by Crippen LogP contribution is 2.31. The number of rotatable bonds is 4. The van der Waals surface area contributed by atoms with Crippen molar-refractivity contribution < 1.29 is 18.0 Å². The van der Waals surface area contributed by atoms with Crippen LogP contribution in [0.4, 0.5) is 23.7 Å². The van der Waals surface area contributed by atoms with Crippen molar-refractivity contribution in [3.05, 3.63) is 89.7 Å². The molecule has 0 heterocycles. The van der Waals surface area contributed by atoms with Crippen molar-refractivity contribution in [3.63, 3.8) is 0 Å². The van der Waals surface area contributed by atoms with Crippen LogP contribution in [0.15, 0.2) is 66.7 Å². The first-order chi connectivity index (χ1) is 17.0. The largest absolute Gasteiger partial charge is 0.322 e. The molecule has 0 aliphatic heterocycles. The van der Waals surface area contributed by atoms with Crippen molar-refractivity contribution in [1.29, 1.82) is 0 Å². The number of benzene rings is 4. The molecule has 35 heavy (non-hydrogen) atoms. The molecule has 0 unspecified atom stereocenters.